The number of fused-ring (bicyclic) bond motifs is 1. The molecule has 1 aromatic carbocycles. The van der Waals surface area contributed by atoms with Crippen LogP contribution in [0.4, 0.5) is 0 Å². The minimum absolute atomic E-state index is 0.0122. The molecule has 9 heteroatoms. The number of para-hydroxylation sites is 1. The summed E-state index contributed by atoms with van der Waals surface area (Å²) in [6, 6.07) is 8.09. The molecule has 33 heavy (non-hydrogen) atoms. The SMILES string of the molecule is CC(C)(CC(C)(C)N1CC(CC(C)(C)C2CS(=O)(=O)C2)CS1(=O)=O)c1nc2ccccc2s1. The summed E-state index contributed by atoms with van der Waals surface area (Å²) in [7, 11) is -6.28. The maximum absolute atomic E-state index is 13.2. The van der Waals surface area contributed by atoms with Gasteiger partial charge in [-0.3, -0.25) is 0 Å². The van der Waals surface area contributed by atoms with Crippen LogP contribution >= 0.6 is 11.3 Å². The van der Waals surface area contributed by atoms with Crippen molar-refractivity contribution >= 4 is 41.4 Å². The van der Waals surface area contributed by atoms with E-state index in [9.17, 15) is 16.8 Å². The van der Waals surface area contributed by atoms with Crippen LogP contribution in [0.5, 0.6) is 0 Å². The van der Waals surface area contributed by atoms with Crippen LogP contribution in [0, 0.1) is 17.3 Å². The van der Waals surface area contributed by atoms with E-state index in [4.69, 9.17) is 4.98 Å². The zero-order valence-electron chi connectivity index (χ0n) is 20.5. The summed E-state index contributed by atoms with van der Waals surface area (Å²) in [6.07, 6.45) is 1.39. The molecule has 2 aromatic rings. The van der Waals surface area contributed by atoms with Gasteiger partial charge in [-0.2, -0.15) is 4.31 Å². The standard InChI is InChI=1S/C24H36N2O4S3/c1-22(2,18-14-32(27,28)15-18)11-17-12-26(33(29,30)13-17)24(5,6)16-23(3,4)21-25-19-9-7-8-10-20(19)31-21/h7-10,17-18H,11-16H2,1-6H3. The number of sulfonamides is 1. The van der Waals surface area contributed by atoms with E-state index in [1.165, 1.54) is 0 Å². The fourth-order valence-corrected chi connectivity index (χ4v) is 11.2. The van der Waals surface area contributed by atoms with Crippen molar-refractivity contribution in [3.63, 3.8) is 0 Å². The molecule has 2 saturated heterocycles. The molecular weight excluding hydrogens is 476 g/mol. The molecule has 1 atom stereocenters. The Balaban J connectivity index is 1.49. The number of rotatable bonds is 7. The Labute approximate surface area is 202 Å². The molecule has 0 amide bonds. The largest absolute Gasteiger partial charge is 0.241 e. The molecule has 2 fully saturated rings. The van der Waals surface area contributed by atoms with Gasteiger partial charge in [0.25, 0.3) is 0 Å². The van der Waals surface area contributed by atoms with Crippen molar-refractivity contribution in [1.82, 2.24) is 9.29 Å². The molecule has 4 rings (SSSR count). The van der Waals surface area contributed by atoms with Crippen molar-refractivity contribution in [2.75, 3.05) is 23.8 Å². The van der Waals surface area contributed by atoms with Gasteiger partial charge in [-0.15, -0.1) is 11.3 Å². The number of hydrogen-bond donors (Lipinski definition) is 0. The maximum atomic E-state index is 13.2. The molecule has 184 valence electrons. The van der Waals surface area contributed by atoms with E-state index in [0.717, 1.165) is 21.6 Å². The van der Waals surface area contributed by atoms with Gasteiger partial charge in [0, 0.05) is 17.5 Å². The Kier molecular flexibility index (Phi) is 6.08. The third kappa shape index (κ3) is 5.02. The molecule has 2 aliphatic rings. The smallest absolute Gasteiger partial charge is 0.214 e. The van der Waals surface area contributed by atoms with Crippen molar-refractivity contribution in [2.45, 2.75) is 65.3 Å². The first-order valence-corrected chi connectivity index (χ1v) is 15.8. The molecule has 0 radical (unpaired) electrons. The Hall–Kier alpha value is -1.03. The second-order valence-corrected chi connectivity index (χ2v) is 17.1. The van der Waals surface area contributed by atoms with Crippen molar-refractivity contribution in [3.05, 3.63) is 29.3 Å². The summed E-state index contributed by atoms with van der Waals surface area (Å²) < 4.78 is 52.7. The summed E-state index contributed by atoms with van der Waals surface area (Å²) in [5.74, 6) is 0.722. The summed E-state index contributed by atoms with van der Waals surface area (Å²) in [4.78, 5) is 4.84. The van der Waals surface area contributed by atoms with Gasteiger partial charge in [0.05, 0.1) is 32.5 Å². The Morgan fingerprint density at radius 1 is 1.00 bits per heavy atom. The molecule has 2 aliphatic heterocycles. The first-order valence-electron chi connectivity index (χ1n) is 11.6. The highest BCUT2D eigenvalue weighted by Gasteiger charge is 2.50. The van der Waals surface area contributed by atoms with E-state index in [0.29, 0.717) is 13.0 Å². The van der Waals surface area contributed by atoms with Gasteiger partial charge in [0.2, 0.25) is 10.0 Å². The average Bonchev–Trinajstić information content (AvgIpc) is 3.19. The summed E-state index contributed by atoms with van der Waals surface area (Å²) in [5, 5.41) is 1.03. The van der Waals surface area contributed by atoms with E-state index < -0.39 is 25.4 Å². The third-order valence-electron chi connectivity index (χ3n) is 7.46. The highest BCUT2D eigenvalue weighted by atomic mass is 32.2. The van der Waals surface area contributed by atoms with Crippen molar-refractivity contribution < 1.29 is 16.8 Å². The number of hydrogen-bond acceptors (Lipinski definition) is 6. The van der Waals surface area contributed by atoms with Gasteiger partial charge in [-0.05, 0) is 56.1 Å². The van der Waals surface area contributed by atoms with Crippen molar-refractivity contribution in [1.29, 1.82) is 0 Å². The molecule has 0 N–H and O–H groups in total. The van der Waals surface area contributed by atoms with E-state index >= 15 is 0 Å². The summed E-state index contributed by atoms with van der Waals surface area (Å²) in [6.45, 7) is 13.0. The zero-order valence-corrected chi connectivity index (χ0v) is 22.9. The topological polar surface area (TPSA) is 84.4 Å². The lowest BCUT2D eigenvalue weighted by Crippen LogP contribution is -2.48. The van der Waals surface area contributed by atoms with Crippen LogP contribution in [0.3, 0.4) is 0 Å². The summed E-state index contributed by atoms with van der Waals surface area (Å²) >= 11 is 1.68. The normalized spacial score (nSPS) is 24.2. The molecule has 1 aromatic heterocycles. The van der Waals surface area contributed by atoms with Gasteiger partial charge in [0.1, 0.15) is 0 Å². The number of aromatic nitrogens is 1. The third-order valence-corrected chi connectivity index (χ3v) is 12.9. The molecule has 0 spiro atoms. The van der Waals surface area contributed by atoms with Crippen LogP contribution in [0.1, 0.15) is 59.4 Å². The second-order valence-electron chi connectivity index (χ2n) is 12.0. The molecule has 3 heterocycles. The monoisotopic (exact) mass is 512 g/mol. The number of nitrogens with zero attached hydrogens (tertiary/aromatic N) is 2. The Morgan fingerprint density at radius 2 is 1.64 bits per heavy atom. The van der Waals surface area contributed by atoms with Gasteiger partial charge in [-0.1, -0.05) is 39.8 Å². The van der Waals surface area contributed by atoms with Crippen LogP contribution in [0.2, 0.25) is 0 Å². The maximum Gasteiger partial charge on any atom is 0.214 e. The molecule has 0 aliphatic carbocycles. The van der Waals surface area contributed by atoms with Crippen LogP contribution in [-0.4, -0.2) is 55.5 Å². The molecule has 6 nitrogen and oxygen atoms in total. The second kappa shape index (κ2) is 8.00. The number of thiazole rings is 1. The zero-order chi connectivity index (χ0) is 24.4. The Bertz CT molecular complexity index is 1210. The highest BCUT2D eigenvalue weighted by Crippen LogP contribution is 2.45. The van der Waals surface area contributed by atoms with Gasteiger partial charge >= 0.3 is 0 Å². The molecule has 0 bridgehead atoms. The lowest BCUT2D eigenvalue weighted by atomic mass is 9.74. The predicted molar refractivity (Wildman–Crippen MR) is 136 cm³/mol. The fourth-order valence-electron chi connectivity index (χ4n) is 5.87. The van der Waals surface area contributed by atoms with Crippen molar-refractivity contribution in [2.24, 2.45) is 17.3 Å². The van der Waals surface area contributed by atoms with Crippen LogP contribution < -0.4 is 0 Å². The highest BCUT2D eigenvalue weighted by molar-refractivity contribution is 7.92. The number of benzene rings is 1. The minimum Gasteiger partial charge on any atom is -0.241 e. The van der Waals surface area contributed by atoms with E-state index in [-0.39, 0.29) is 39.9 Å². The van der Waals surface area contributed by atoms with E-state index in [1.54, 1.807) is 15.6 Å². The average molecular weight is 513 g/mol. The van der Waals surface area contributed by atoms with Crippen molar-refractivity contribution in [3.8, 4) is 0 Å². The molecule has 1 unspecified atom stereocenters. The van der Waals surface area contributed by atoms with Crippen LogP contribution in [0.15, 0.2) is 24.3 Å². The van der Waals surface area contributed by atoms with Gasteiger partial charge < -0.3 is 0 Å². The minimum atomic E-state index is -3.38. The van der Waals surface area contributed by atoms with Crippen LogP contribution in [0.25, 0.3) is 10.2 Å². The van der Waals surface area contributed by atoms with Gasteiger partial charge in [0.15, 0.2) is 9.84 Å². The Morgan fingerprint density at radius 3 is 2.24 bits per heavy atom. The summed E-state index contributed by atoms with van der Waals surface area (Å²) in [5.41, 5.74) is -0.0389. The van der Waals surface area contributed by atoms with E-state index in [1.807, 2.05) is 32.0 Å². The lowest BCUT2D eigenvalue weighted by molar-refractivity contribution is 0.147. The van der Waals surface area contributed by atoms with Gasteiger partial charge in [-0.25, -0.2) is 21.8 Å². The quantitative estimate of drug-likeness (QED) is 0.547. The first kappa shape index (κ1) is 25.1. The molecule has 0 saturated carbocycles. The lowest BCUT2D eigenvalue weighted by Gasteiger charge is -2.42. The number of sulfone groups is 1. The fraction of sp³-hybridized carbons (Fsp3) is 0.708. The first-order chi connectivity index (χ1) is 15.0. The predicted octanol–water partition coefficient (Wildman–Crippen LogP) is 4.47. The molecular formula is C24H36N2O4S3. The van der Waals surface area contributed by atoms with E-state index in [2.05, 4.69) is 33.8 Å². The van der Waals surface area contributed by atoms with Crippen LogP contribution in [-0.2, 0) is 25.3 Å².